The molecule has 8 nitrogen and oxygen atoms in total. The van der Waals surface area contributed by atoms with E-state index in [1.54, 1.807) is 0 Å². The largest absolute Gasteiger partial charge is 0.323 e. The number of fused-ring (bicyclic) bond motifs is 1. The Bertz CT molecular complexity index is 1550. The van der Waals surface area contributed by atoms with Crippen molar-refractivity contribution in [2.24, 2.45) is 0 Å². The predicted octanol–water partition coefficient (Wildman–Crippen LogP) is 2.63. The van der Waals surface area contributed by atoms with Gasteiger partial charge in [-0.25, -0.2) is 9.97 Å². The SMILES string of the molecule is S=c1n(C[NH+]2CCN(c3cccc[nH+]3)CC2)nc(Cn2cnc3ccccc32)n1-c1ccccc1Cl. The lowest BCUT2D eigenvalue weighted by atomic mass is 10.3. The van der Waals surface area contributed by atoms with Crippen molar-refractivity contribution in [2.75, 3.05) is 31.1 Å². The highest BCUT2D eigenvalue weighted by Crippen LogP contribution is 2.23. The quantitative estimate of drug-likeness (QED) is 0.351. The van der Waals surface area contributed by atoms with Crippen LogP contribution in [-0.2, 0) is 13.2 Å². The molecule has 0 aliphatic carbocycles. The fourth-order valence-corrected chi connectivity index (χ4v) is 5.37. The molecule has 0 radical (unpaired) electrons. The lowest BCUT2D eigenvalue weighted by Gasteiger charge is -2.27. The van der Waals surface area contributed by atoms with Crippen LogP contribution < -0.4 is 14.8 Å². The monoisotopic (exact) mass is 518 g/mol. The van der Waals surface area contributed by atoms with Crippen molar-refractivity contribution in [2.45, 2.75) is 13.2 Å². The Balaban J connectivity index is 1.30. The summed E-state index contributed by atoms with van der Waals surface area (Å²) in [5.74, 6) is 1.99. The zero-order valence-electron chi connectivity index (χ0n) is 19.7. The van der Waals surface area contributed by atoms with Gasteiger partial charge in [-0.1, -0.05) is 41.9 Å². The summed E-state index contributed by atoms with van der Waals surface area (Å²) in [6.07, 6.45) is 3.83. The first-order chi connectivity index (χ1) is 17.7. The van der Waals surface area contributed by atoms with E-state index in [1.807, 2.05) is 70.3 Å². The number of piperazine rings is 1. The molecule has 1 saturated heterocycles. The summed E-state index contributed by atoms with van der Waals surface area (Å²) in [4.78, 5) is 11.7. The molecule has 0 unspecified atom stereocenters. The second kappa shape index (κ2) is 9.85. The Hall–Kier alpha value is -3.53. The number of anilines is 1. The fourth-order valence-electron chi connectivity index (χ4n) is 4.84. The highest BCUT2D eigenvalue weighted by Gasteiger charge is 2.27. The van der Waals surface area contributed by atoms with Crippen LogP contribution in [-0.4, -0.2) is 50.1 Å². The minimum Gasteiger partial charge on any atom is -0.323 e. The van der Waals surface area contributed by atoms with Crippen LogP contribution >= 0.6 is 23.8 Å². The van der Waals surface area contributed by atoms with E-state index < -0.39 is 0 Å². The van der Waals surface area contributed by atoms with Gasteiger partial charge in [0.1, 0.15) is 26.2 Å². The fraction of sp³-hybridized carbons (Fsp3) is 0.231. The molecule has 4 heterocycles. The molecular weight excluding hydrogens is 492 g/mol. The Morgan fingerprint density at radius 1 is 0.972 bits per heavy atom. The third-order valence-corrected chi connectivity index (χ3v) is 7.43. The molecule has 2 N–H and O–H groups in total. The Labute approximate surface area is 219 Å². The number of imidazole rings is 1. The molecule has 182 valence electrons. The number of para-hydroxylation sites is 3. The van der Waals surface area contributed by atoms with Crippen molar-refractivity contribution in [1.82, 2.24) is 23.9 Å². The van der Waals surface area contributed by atoms with Crippen LogP contribution in [0.15, 0.2) is 79.3 Å². The van der Waals surface area contributed by atoms with Crippen molar-refractivity contribution in [3.63, 3.8) is 0 Å². The zero-order valence-corrected chi connectivity index (χ0v) is 21.3. The van der Waals surface area contributed by atoms with Gasteiger partial charge in [0.15, 0.2) is 12.5 Å². The highest BCUT2D eigenvalue weighted by molar-refractivity contribution is 7.71. The number of H-pyrrole nitrogens is 1. The van der Waals surface area contributed by atoms with Crippen LogP contribution in [0.4, 0.5) is 5.82 Å². The molecule has 0 bridgehead atoms. The van der Waals surface area contributed by atoms with Crippen molar-refractivity contribution in [3.8, 4) is 5.69 Å². The van der Waals surface area contributed by atoms with Gasteiger partial charge >= 0.3 is 0 Å². The third kappa shape index (κ3) is 4.41. The van der Waals surface area contributed by atoms with Crippen molar-refractivity contribution < 1.29 is 9.88 Å². The van der Waals surface area contributed by atoms with Crippen LogP contribution in [0, 0.1) is 4.77 Å². The van der Waals surface area contributed by atoms with Gasteiger partial charge in [-0.05, 0) is 42.5 Å². The van der Waals surface area contributed by atoms with Gasteiger partial charge in [-0.2, -0.15) is 4.68 Å². The average molecular weight is 519 g/mol. The van der Waals surface area contributed by atoms with Crippen LogP contribution in [0.1, 0.15) is 5.82 Å². The van der Waals surface area contributed by atoms with Crippen LogP contribution in [0.5, 0.6) is 0 Å². The number of hydrogen-bond donors (Lipinski definition) is 1. The number of halogens is 1. The molecule has 6 rings (SSSR count). The molecule has 1 fully saturated rings. The summed E-state index contributed by atoms with van der Waals surface area (Å²) in [5.41, 5.74) is 2.86. The molecule has 2 aromatic carbocycles. The van der Waals surface area contributed by atoms with E-state index in [9.17, 15) is 0 Å². The Morgan fingerprint density at radius 2 is 1.75 bits per heavy atom. The van der Waals surface area contributed by atoms with Crippen molar-refractivity contribution >= 4 is 40.7 Å². The molecular formula is C26H27ClN8S+2. The maximum absolute atomic E-state index is 6.62. The summed E-state index contributed by atoms with van der Waals surface area (Å²) < 4.78 is 6.70. The molecule has 36 heavy (non-hydrogen) atoms. The number of rotatable bonds is 6. The van der Waals surface area contributed by atoms with Gasteiger partial charge in [-0.3, -0.25) is 9.47 Å². The van der Waals surface area contributed by atoms with E-state index >= 15 is 0 Å². The number of aromatic amines is 1. The minimum atomic E-state index is 0.537. The van der Waals surface area contributed by atoms with Crippen LogP contribution in [0.3, 0.4) is 0 Å². The van der Waals surface area contributed by atoms with E-state index in [0.717, 1.165) is 54.5 Å². The molecule has 1 aliphatic heterocycles. The normalized spacial score (nSPS) is 14.5. The third-order valence-electron chi connectivity index (χ3n) is 6.72. The second-order valence-corrected chi connectivity index (χ2v) is 9.76. The van der Waals surface area contributed by atoms with Crippen LogP contribution in [0.2, 0.25) is 5.02 Å². The average Bonchev–Trinajstić information content (AvgIpc) is 3.46. The molecule has 0 saturated carbocycles. The number of nitrogens with zero attached hydrogens (tertiary/aromatic N) is 6. The summed E-state index contributed by atoms with van der Waals surface area (Å²) in [7, 11) is 0. The zero-order chi connectivity index (χ0) is 24.5. The highest BCUT2D eigenvalue weighted by atomic mass is 35.5. The number of nitrogens with one attached hydrogen (secondary N) is 2. The Kier molecular flexibility index (Phi) is 6.27. The summed E-state index contributed by atoms with van der Waals surface area (Å²) in [6.45, 7) is 5.20. The first-order valence-electron chi connectivity index (χ1n) is 12.1. The number of aromatic nitrogens is 6. The van der Waals surface area contributed by atoms with E-state index in [4.69, 9.17) is 28.9 Å². The standard InChI is InChI=1S/C26H25ClN8S/c27-20-7-1-3-9-22(20)35-25(17-33-18-29-21-8-2-4-10-23(21)33)30-34(26(35)36)19-31-13-15-32(16-14-31)24-11-5-6-12-28-24/h1-12,18H,13-17,19H2/p+2. The molecule has 5 aromatic rings. The molecule has 1 aliphatic rings. The van der Waals surface area contributed by atoms with E-state index in [0.29, 0.717) is 23.0 Å². The van der Waals surface area contributed by atoms with Crippen molar-refractivity contribution in [3.05, 3.63) is 94.9 Å². The van der Waals surface area contributed by atoms with Gasteiger partial charge in [0.05, 0.1) is 40.8 Å². The maximum atomic E-state index is 6.62. The molecule has 0 spiro atoms. The van der Waals surface area contributed by atoms with Gasteiger partial charge in [0.2, 0.25) is 4.77 Å². The van der Waals surface area contributed by atoms with Crippen molar-refractivity contribution in [1.29, 1.82) is 0 Å². The second-order valence-electron chi connectivity index (χ2n) is 8.99. The minimum absolute atomic E-state index is 0.537. The molecule has 3 aromatic heterocycles. The number of quaternary nitrogens is 1. The van der Waals surface area contributed by atoms with Crippen LogP contribution in [0.25, 0.3) is 16.7 Å². The first-order valence-corrected chi connectivity index (χ1v) is 12.8. The topological polar surface area (TPSA) is 62.4 Å². The van der Waals surface area contributed by atoms with Gasteiger partial charge in [0.25, 0.3) is 5.82 Å². The van der Waals surface area contributed by atoms with Gasteiger partial charge in [0, 0.05) is 6.07 Å². The summed E-state index contributed by atoms with van der Waals surface area (Å²) in [6, 6.07) is 22.1. The number of benzene rings is 2. The van der Waals surface area contributed by atoms with E-state index in [-0.39, 0.29) is 0 Å². The molecule has 0 atom stereocenters. The van der Waals surface area contributed by atoms with Gasteiger partial charge in [-0.15, -0.1) is 5.10 Å². The Morgan fingerprint density at radius 3 is 2.56 bits per heavy atom. The number of pyridine rings is 1. The van der Waals surface area contributed by atoms with E-state index in [2.05, 4.69) is 37.6 Å². The van der Waals surface area contributed by atoms with Gasteiger partial charge < -0.3 is 9.47 Å². The summed E-state index contributed by atoms with van der Waals surface area (Å²) in [5, 5.41) is 5.65. The van der Waals surface area contributed by atoms with E-state index in [1.165, 1.54) is 4.90 Å². The molecule has 0 amide bonds. The lowest BCUT2D eigenvalue weighted by Crippen LogP contribution is -3.14. The lowest BCUT2D eigenvalue weighted by molar-refractivity contribution is -0.924. The summed E-state index contributed by atoms with van der Waals surface area (Å²) >= 11 is 12.6. The molecule has 10 heteroatoms. The first kappa shape index (κ1) is 22.9. The smallest absolute Gasteiger partial charge is 0.274 e. The predicted molar refractivity (Wildman–Crippen MR) is 142 cm³/mol. The number of hydrogen-bond acceptors (Lipinski definition) is 4. The maximum Gasteiger partial charge on any atom is 0.274 e.